The Bertz CT molecular complexity index is 462. The minimum absolute atomic E-state index is 0.164. The highest BCUT2D eigenvalue weighted by Crippen LogP contribution is 2.38. The van der Waals surface area contributed by atoms with Crippen molar-refractivity contribution in [3.8, 4) is 0 Å². The monoisotopic (exact) mass is 296 g/mol. The Balaban J connectivity index is 1.88. The van der Waals surface area contributed by atoms with Crippen LogP contribution in [0.25, 0.3) is 0 Å². The lowest BCUT2D eigenvalue weighted by Gasteiger charge is -2.28. The average molecular weight is 296 g/mol. The molecule has 0 bridgehead atoms. The van der Waals surface area contributed by atoms with Crippen LogP contribution in [-0.2, 0) is 0 Å². The SMILES string of the molecule is CC/C=C/CCC1CCC(c2cc(F)c(F)c(F)c2)CC1. The van der Waals surface area contributed by atoms with Crippen molar-refractivity contribution >= 4 is 0 Å². The summed E-state index contributed by atoms with van der Waals surface area (Å²) < 4.78 is 39.6. The Hall–Kier alpha value is -1.25. The summed E-state index contributed by atoms with van der Waals surface area (Å²) >= 11 is 0. The molecule has 0 N–H and O–H groups in total. The molecule has 0 atom stereocenters. The summed E-state index contributed by atoms with van der Waals surface area (Å²) in [6.07, 6.45) is 11.9. The van der Waals surface area contributed by atoms with Crippen LogP contribution in [-0.4, -0.2) is 0 Å². The highest BCUT2D eigenvalue weighted by atomic mass is 19.2. The number of allylic oxidation sites excluding steroid dienone is 2. The van der Waals surface area contributed by atoms with Crippen LogP contribution in [0.3, 0.4) is 0 Å². The third-order valence-corrected chi connectivity index (χ3v) is 4.47. The summed E-state index contributed by atoms with van der Waals surface area (Å²) in [5, 5.41) is 0. The van der Waals surface area contributed by atoms with Gasteiger partial charge in [0.2, 0.25) is 0 Å². The first kappa shape index (κ1) is 16.1. The zero-order valence-electron chi connectivity index (χ0n) is 12.5. The molecule has 3 heteroatoms. The lowest BCUT2D eigenvalue weighted by Crippen LogP contribution is -2.14. The van der Waals surface area contributed by atoms with Crippen molar-refractivity contribution in [2.75, 3.05) is 0 Å². The van der Waals surface area contributed by atoms with Gasteiger partial charge in [-0.15, -0.1) is 0 Å². The summed E-state index contributed by atoms with van der Waals surface area (Å²) in [5.74, 6) is -2.64. The van der Waals surface area contributed by atoms with Crippen molar-refractivity contribution in [2.45, 2.75) is 57.8 Å². The quantitative estimate of drug-likeness (QED) is 0.453. The molecule has 0 saturated heterocycles. The lowest BCUT2D eigenvalue weighted by molar-refractivity contribution is 0.310. The molecular weight excluding hydrogens is 273 g/mol. The lowest BCUT2D eigenvalue weighted by atomic mass is 9.77. The molecule has 0 aliphatic heterocycles. The molecule has 1 aromatic carbocycles. The summed E-state index contributed by atoms with van der Waals surface area (Å²) in [7, 11) is 0. The van der Waals surface area contributed by atoms with E-state index in [1.807, 2.05) is 0 Å². The van der Waals surface area contributed by atoms with E-state index in [0.717, 1.165) is 50.7 Å². The Kier molecular flexibility index (Phi) is 5.89. The standard InChI is InChI=1S/C18H23F3/c1-2-3-4-5-6-13-7-9-14(10-8-13)15-11-16(19)18(21)17(20)12-15/h3-4,11-14H,2,5-10H2,1H3/b4-3+. The second-order valence-electron chi connectivity index (χ2n) is 5.97. The molecule has 0 nitrogen and oxygen atoms in total. The molecule has 0 unspecified atom stereocenters. The number of hydrogen-bond donors (Lipinski definition) is 0. The Labute approximate surface area is 125 Å². The van der Waals surface area contributed by atoms with Gasteiger partial charge >= 0.3 is 0 Å². The summed E-state index contributed by atoms with van der Waals surface area (Å²) in [6.45, 7) is 2.13. The first-order valence-electron chi connectivity index (χ1n) is 7.91. The maximum Gasteiger partial charge on any atom is 0.194 e. The van der Waals surface area contributed by atoms with Crippen LogP contribution in [0.2, 0.25) is 0 Å². The Morgan fingerprint density at radius 3 is 2.19 bits per heavy atom. The maximum absolute atomic E-state index is 13.3. The zero-order chi connectivity index (χ0) is 15.2. The molecule has 0 aromatic heterocycles. The van der Waals surface area contributed by atoms with E-state index >= 15 is 0 Å². The highest BCUT2D eigenvalue weighted by Gasteiger charge is 2.23. The molecule has 1 aliphatic rings. The van der Waals surface area contributed by atoms with E-state index in [2.05, 4.69) is 19.1 Å². The van der Waals surface area contributed by atoms with Gasteiger partial charge in [-0.25, -0.2) is 13.2 Å². The molecule has 0 radical (unpaired) electrons. The van der Waals surface area contributed by atoms with Crippen molar-refractivity contribution in [1.29, 1.82) is 0 Å². The van der Waals surface area contributed by atoms with Crippen LogP contribution in [0.1, 0.15) is 63.4 Å². The first-order chi connectivity index (χ1) is 10.1. The highest BCUT2D eigenvalue weighted by molar-refractivity contribution is 5.23. The molecule has 1 fully saturated rings. The van der Waals surface area contributed by atoms with Gasteiger partial charge in [-0.2, -0.15) is 0 Å². The predicted molar refractivity (Wildman–Crippen MR) is 79.7 cm³/mol. The number of benzene rings is 1. The van der Waals surface area contributed by atoms with Crippen LogP contribution in [0, 0.1) is 23.4 Å². The van der Waals surface area contributed by atoms with Crippen LogP contribution < -0.4 is 0 Å². The minimum atomic E-state index is -1.37. The van der Waals surface area contributed by atoms with Crippen LogP contribution in [0.5, 0.6) is 0 Å². The van der Waals surface area contributed by atoms with E-state index in [9.17, 15) is 13.2 Å². The first-order valence-corrected chi connectivity index (χ1v) is 7.91. The fourth-order valence-corrected chi connectivity index (χ4v) is 3.21. The number of hydrogen-bond acceptors (Lipinski definition) is 0. The van der Waals surface area contributed by atoms with Gasteiger partial charge in [0, 0.05) is 0 Å². The second kappa shape index (κ2) is 7.67. The van der Waals surface area contributed by atoms with Gasteiger partial charge in [0.25, 0.3) is 0 Å². The van der Waals surface area contributed by atoms with Crippen molar-refractivity contribution in [1.82, 2.24) is 0 Å². The number of rotatable bonds is 5. The van der Waals surface area contributed by atoms with Crippen molar-refractivity contribution in [2.24, 2.45) is 5.92 Å². The van der Waals surface area contributed by atoms with Gasteiger partial charge in [0.1, 0.15) is 0 Å². The van der Waals surface area contributed by atoms with Gasteiger partial charge in [-0.1, -0.05) is 19.1 Å². The topological polar surface area (TPSA) is 0 Å². The smallest absolute Gasteiger partial charge is 0.194 e. The van der Waals surface area contributed by atoms with Crippen LogP contribution >= 0.6 is 0 Å². The molecule has 1 aromatic rings. The minimum Gasteiger partial charge on any atom is -0.204 e. The normalized spacial score (nSPS) is 22.9. The second-order valence-corrected chi connectivity index (χ2v) is 5.97. The van der Waals surface area contributed by atoms with E-state index in [-0.39, 0.29) is 5.92 Å². The van der Waals surface area contributed by atoms with Gasteiger partial charge in [-0.05, 0) is 74.5 Å². The molecule has 116 valence electrons. The molecule has 21 heavy (non-hydrogen) atoms. The van der Waals surface area contributed by atoms with Gasteiger partial charge in [0.05, 0.1) is 0 Å². The van der Waals surface area contributed by atoms with E-state index in [0.29, 0.717) is 11.5 Å². The molecule has 0 amide bonds. The Morgan fingerprint density at radius 2 is 1.62 bits per heavy atom. The van der Waals surface area contributed by atoms with E-state index in [1.165, 1.54) is 6.42 Å². The predicted octanol–water partition coefficient (Wildman–Crippen LogP) is 6.12. The van der Waals surface area contributed by atoms with E-state index in [1.54, 1.807) is 0 Å². The third-order valence-electron chi connectivity index (χ3n) is 4.47. The molecule has 0 spiro atoms. The molecular formula is C18H23F3. The van der Waals surface area contributed by atoms with Crippen molar-refractivity contribution in [3.05, 3.63) is 47.3 Å². The van der Waals surface area contributed by atoms with Gasteiger partial charge in [-0.3, -0.25) is 0 Å². The summed E-state index contributed by atoms with van der Waals surface area (Å²) in [6, 6.07) is 2.32. The molecule has 2 rings (SSSR count). The molecule has 1 aliphatic carbocycles. The van der Waals surface area contributed by atoms with Crippen LogP contribution in [0.4, 0.5) is 13.2 Å². The third kappa shape index (κ3) is 4.36. The average Bonchev–Trinajstić information content (AvgIpc) is 2.49. The van der Waals surface area contributed by atoms with E-state index < -0.39 is 17.5 Å². The van der Waals surface area contributed by atoms with Gasteiger partial charge in [0.15, 0.2) is 17.5 Å². The van der Waals surface area contributed by atoms with Crippen molar-refractivity contribution in [3.63, 3.8) is 0 Å². The summed E-state index contributed by atoms with van der Waals surface area (Å²) in [4.78, 5) is 0. The largest absolute Gasteiger partial charge is 0.204 e. The van der Waals surface area contributed by atoms with Crippen molar-refractivity contribution < 1.29 is 13.2 Å². The van der Waals surface area contributed by atoms with Crippen LogP contribution in [0.15, 0.2) is 24.3 Å². The fourth-order valence-electron chi connectivity index (χ4n) is 3.21. The number of halogens is 3. The van der Waals surface area contributed by atoms with Gasteiger partial charge < -0.3 is 0 Å². The Morgan fingerprint density at radius 1 is 1.00 bits per heavy atom. The summed E-state index contributed by atoms with van der Waals surface area (Å²) in [5.41, 5.74) is 0.607. The zero-order valence-corrected chi connectivity index (χ0v) is 12.5. The molecule has 1 saturated carbocycles. The maximum atomic E-state index is 13.3. The van der Waals surface area contributed by atoms with E-state index in [4.69, 9.17) is 0 Å². The molecule has 0 heterocycles. The fraction of sp³-hybridized carbons (Fsp3) is 0.556.